The topological polar surface area (TPSA) is 49.4 Å². The highest BCUT2D eigenvalue weighted by atomic mass is 32.2. The summed E-state index contributed by atoms with van der Waals surface area (Å²) >= 11 is 0. The van der Waals surface area contributed by atoms with Gasteiger partial charge in [-0.2, -0.15) is 0 Å². The first-order valence-corrected chi connectivity index (χ1v) is 10.7. The standard InChI is InChI=1S/C20H25FN2O2S/c21-19-10-8-18(9-11-19)20(23-13-4-5-14-23)16-22-26(24,25)15-12-17-6-2-1-3-7-17/h1-3,6-11,20,22H,4-5,12-16H2. The van der Waals surface area contributed by atoms with Crippen molar-refractivity contribution >= 4 is 10.0 Å². The molecule has 1 atom stereocenters. The van der Waals surface area contributed by atoms with Gasteiger partial charge in [-0.1, -0.05) is 42.5 Å². The zero-order valence-electron chi connectivity index (χ0n) is 14.8. The van der Waals surface area contributed by atoms with E-state index in [0.29, 0.717) is 13.0 Å². The predicted molar refractivity (Wildman–Crippen MR) is 102 cm³/mol. The Kier molecular flexibility index (Phi) is 6.40. The molecule has 1 aliphatic rings. The number of rotatable bonds is 8. The Morgan fingerprint density at radius 2 is 1.65 bits per heavy atom. The maximum atomic E-state index is 13.2. The highest BCUT2D eigenvalue weighted by Gasteiger charge is 2.25. The van der Waals surface area contributed by atoms with Gasteiger partial charge in [-0.3, -0.25) is 4.90 Å². The van der Waals surface area contributed by atoms with Gasteiger partial charge in [0, 0.05) is 12.6 Å². The van der Waals surface area contributed by atoms with E-state index in [9.17, 15) is 12.8 Å². The number of benzene rings is 2. The second kappa shape index (κ2) is 8.75. The summed E-state index contributed by atoms with van der Waals surface area (Å²) in [7, 11) is -3.37. The van der Waals surface area contributed by atoms with E-state index in [1.54, 1.807) is 12.1 Å². The normalized spacial score (nSPS) is 16.7. The molecule has 1 unspecified atom stereocenters. The maximum Gasteiger partial charge on any atom is 0.211 e. The zero-order valence-corrected chi connectivity index (χ0v) is 15.6. The molecule has 1 N–H and O–H groups in total. The minimum atomic E-state index is -3.37. The van der Waals surface area contributed by atoms with Gasteiger partial charge in [0.1, 0.15) is 5.82 Å². The summed E-state index contributed by atoms with van der Waals surface area (Å²) in [5.41, 5.74) is 1.95. The number of halogens is 1. The molecule has 0 amide bonds. The van der Waals surface area contributed by atoms with Gasteiger partial charge in [0.25, 0.3) is 0 Å². The molecule has 0 radical (unpaired) electrons. The number of hydrogen-bond donors (Lipinski definition) is 1. The van der Waals surface area contributed by atoms with E-state index >= 15 is 0 Å². The summed E-state index contributed by atoms with van der Waals surface area (Å²) in [4.78, 5) is 2.27. The molecule has 0 aromatic heterocycles. The molecule has 1 saturated heterocycles. The van der Waals surface area contributed by atoms with Crippen LogP contribution in [0.3, 0.4) is 0 Å². The van der Waals surface area contributed by atoms with E-state index in [4.69, 9.17) is 0 Å². The lowest BCUT2D eigenvalue weighted by atomic mass is 10.1. The van der Waals surface area contributed by atoms with Crippen LogP contribution in [0.2, 0.25) is 0 Å². The van der Waals surface area contributed by atoms with Crippen LogP contribution >= 0.6 is 0 Å². The van der Waals surface area contributed by atoms with Crippen molar-refractivity contribution in [3.8, 4) is 0 Å². The fourth-order valence-corrected chi connectivity index (χ4v) is 4.43. The quantitative estimate of drug-likeness (QED) is 0.770. The molecule has 1 fully saturated rings. The van der Waals surface area contributed by atoms with Crippen molar-refractivity contribution in [3.05, 3.63) is 71.5 Å². The summed E-state index contributed by atoms with van der Waals surface area (Å²) in [5, 5.41) is 0. The lowest BCUT2D eigenvalue weighted by Gasteiger charge is -2.28. The number of sulfonamides is 1. The fourth-order valence-electron chi connectivity index (χ4n) is 3.37. The van der Waals surface area contributed by atoms with E-state index in [1.165, 1.54) is 12.1 Å². The summed E-state index contributed by atoms with van der Waals surface area (Å²) < 4.78 is 40.8. The highest BCUT2D eigenvalue weighted by Crippen LogP contribution is 2.25. The van der Waals surface area contributed by atoms with Gasteiger partial charge < -0.3 is 0 Å². The van der Waals surface area contributed by atoms with Crippen LogP contribution in [0.4, 0.5) is 4.39 Å². The third-order valence-corrected chi connectivity index (χ3v) is 6.18. The van der Waals surface area contributed by atoms with Crippen molar-refractivity contribution in [3.63, 3.8) is 0 Å². The Morgan fingerprint density at radius 3 is 2.31 bits per heavy atom. The largest absolute Gasteiger partial charge is 0.295 e. The first-order chi connectivity index (χ1) is 12.5. The van der Waals surface area contributed by atoms with Crippen LogP contribution < -0.4 is 4.72 Å². The van der Waals surface area contributed by atoms with Crippen LogP contribution in [-0.4, -0.2) is 38.7 Å². The summed E-state index contributed by atoms with van der Waals surface area (Å²) in [6.07, 6.45) is 2.71. The van der Waals surface area contributed by atoms with Crippen LogP contribution in [-0.2, 0) is 16.4 Å². The second-order valence-corrected chi connectivity index (χ2v) is 8.64. The van der Waals surface area contributed by atoms with Gasteiger partial charge in [0.15, 0.2) is 0 Å². The molecule has 140 valence electrons. The van der Waals surface area contributed by atoms with Crippen LogP contribution in [0.25, 0.3) is 0 Å². The average molecular weight is 376 g/mol. The lowest BCUT2D eigenvalue weighted by Crippen LogP contribution is -2.38. The molecule has 0 spiro atoms. The first-order valence-electron chi connectivity index (χ1n) is 9.04. The smallest absolute Gasteiger partial charge is 0.211 e. The number of likely N-dealkylation sites (tertiary alicyclic amines) is 1. The van der Waals surface area contributed by atoms with E-state index in [2.05, 4.69) is 9.62 Å². The Balaban J connectivity index is 1.63. The Labute approximate surface area is 155 Å². The summed E-state index contributed by atoms with van der Waals surface area (Å²) in [5.74, 6) is -0.218. The molecule has 26 heavy (non-hydrogen) atoms. The van der Waals surface area contributed by atoms with Gasteiger partial charge in [-0.05, 0) is 55.6 Å². The molecule has 0 aliphatic carbocycles. The monoisotopic (exact) mass is 376 g/mol. The molecule has 1 aliphatic heterocycles. The number of nitrogens with one attached hydrogen (secondary N) is 1. The first kappa shape index (κ1) is 19.0. The molecule has 1 heterocycles. The SMILES string of the molecule is O=S(=O)(CCc1ccccc1)NCC(c1ccc(F)cc1)N1CCCC1. The zero-order chi connectivity index (χ0) is 18.4. The van der Waals surface area contributed by atoms with Crippen molar-refractivity contribution in [1.29, 1.82) is 0 Å². The minimum absolute atomic E-state index is 0.0626. The summed E-state index contributed by atoms with van der Waals surface area (Å²) in [6, 6.07) is 15.9. The van der Waals surface area contributed by atoms with Crippen molar-refractivity contribution in [2.24, 2.45) is 0 Å². The van der Waals surface area contributed by atoms with Crippen LogP contribution in [0.1, 0.15) is 30.0 Å². The Hall–Kier alpha value is -1.76. The van der Waals surface area contributed by atoms with Crippen molar-refractivity contribution < 1.29 is 12.8 Å². The van der Waals surface area contributed by atoms with Crippen LogP contribution in [0, 0.1) is 5.82 Å². The Morgan fingerprint density at radius 1 is 1.00 bits per heavy atom. The van der Waals surface area contributed by atoms with Gasteiger partial charge >= 0.3 is 0 Å². The number of hydrogen-bond acceptors (Lipinski definition) is 3. The maximum absolute atomic E-state index is 13.2. The van der Waals surface area contributed by atoms with E-state index in [0.717, 1.165) is 37.1 Å². The van der Waals surface area contributed by atoms with Crippen molar-refractivity contribution in [2.75, 3.05) is 25.4 Å². The fraction of sp³-hybridized carbons (Fsp3) is 0.400. The van der Waals surface area contributed by atoms with Gasteiger partial charge in [-0.25, -0.2) is 17.5 Å². The third kappa shape index (κ3) is 5.37. The second-order valence-electron chi connectivity index (χ2n) is 6.71. The Bertz CT molecular complexity index is 788. The molecule has 0 bridgehead atoms. The molecular formula is C20H25FN2O2S. The van der Waals surface area contributed by atoms with Crippen molar-refractivity contribution in [1.82, 2.24) is 9.62 Å². The molecule has 4 nitrogen and oxygen atoms in total. The number of nitrogens with zero attached hydrogens (tertiary/aromatic N) is 1. The molecule has 6 heteroatoms. The minimum Gasteiger partial charge on any atom is -0.295 e. The van der Waals surface area contributed by atoms with Crippen molar-refractivity contribution in [2.45, 2.75) is 25.3 Å². The van der Waals surface area contributed by atoms with Crippen LogP contribution in [0.5, 0.6) is 0 Å². The third-order valence-electron chi connectivity index (χ3n) is 4.84. The van der Waals surface area contributed by atoms with E-state index in [1.807, 2.05) is 30.3 Å². The number of aryl methyl sites for hydroxylation is 1. The lowest BCUT2D eigenvalue weighted by molar-refractivity contribution is 0.246. The molecule has 2 aromatic carbocycles. The van der Waals surface area contributed by atoms with Gasteiger partial charge in [0.05, 0.1) is 5.75 Å². The van der Waals surface area contributed by atoms with Gasteiger partial charge in [-0.15, -0.1) is 0 Å². The van der Waals surface area contributed by atoms with Crippen LogP contribution in [0.15, 0.2) is 54.6 Å². The molecule has 3 rings (SSSR count). The average Bonchev–Trinajstić information content (AvgIpc) is 3.17. The van der Waals surface area contributed by atoms with E-state index in [-0.39, 0.29) is 17.6 Å². The summed E-state index contributed by atoms with van der Waals surface area (Å²) in [6.45, 7) is 2.18. The molecule has 0 saturated carbocycles. The highest BCUT2D eigenvalue weighted by molar-refractivity contribution is 7.89. The van der Waals surface area contributed by atoms with Gasteiger partial charge in [0.2, 0.25) is 10.0 Å². The predicted octanol–water partition coefficient (Wildman–Crippen LogP) is 3.12. The molecule has 2 aromatic rings. The molecular weight excluding hydrogens is 351 g/mol. The van der Waals surface area contributed by atoms with E-state index < -0.39 is 10.0 Å².